The van der Waals surface area contributed by atoms with Gasteiger partial charge in [-0.15, -0.1) is 0 Å². The predicted molar refractivity (Wildman–Crippen MR) is 200 cm³/mol. The minimum Gasteiger partial charge on any atom is -0.480 e. The fourth-order valence-electron chi connectivity index (χ4n) is 4.86. The second-order valence-electron chi connectivity index (χ2n) is 13.3. The molecule has 20 nitrogen and oxygen atoms in total. The first kappa shape index (κ1) is 47.7. The van der Waals surface area contributed by atoms with Gasteiger partial charge in [0.05, 0.1) is 13.1 Å². The van der Waals surface area contributed by atoms with Crippen LogP contribution in [0.1, 0.15) is 59.4 Å². The molecule has 56 heavy (non-hydrogen) atoms. The van der Waals surface area contributed by atoms with Gasteiger partial charge in [0.2, 0.25) is 53.2 Å². The fraction of sp³-hybridized carbons (Fsp3) is 0.500. The first-order valence-electron chi connectivity index (χ1n) is 17.8. The number of benzene rings is 1. The molecule has 0 saturated carbocycles. The van der Waals surface area contributed by atoms with Crippen molar-refractivity contribution in [3.8, 4) is 0 Å². The summed E-state index contributed by atoms with van der Waals surface area (Å²) in [7, 11) is 0. The van der Waals surface area contributed by atoms with E-state index >= 15 is 0 Å². The van der Waals surface area contributed by atoms with Gasteiger partial charge in [-0.3, -0.25) is 43.2 Å². The van der Waals surface area contributed by atoms with Gasteiger partial charge in [-0.25, -0.2) is 4.79 Å². The lowest BCUT2D eigenvalue weighted by Crippen LogP contribution is -2.59. The molecular formula is C36H53N9O11. The standard InChI is InChI=1S/C36H53N9O11/c1-6-20(4)31(35(54)41-21(5)33(52)44-30(19(2)3)32(38)51)45-34(53)23(12-13-25(37)46)42-27(48)15-14-26(47)39-17-28(49)40-18-29(50)43-24(36(55)56)16-22-10-8-7-9-11-22/h7-11,14-15,19-21,23-24,30-31H,6,12-13,16-18H2,1-5H3,(H2,37,46)(H2,38,51)(H,39,47)(H,40,49)(H,41,54)(H,42,48)(H,43,50)(H,44,52)(H,45,53)(H,55,56)/b15-14+/t20-,21-,23-,24-,30-,31-/m0/s1. The Morgan fingerprint density at radius 1 is 0.679 bits per heavy atom. The van der Waals surface area contributed by atoms with Crippen molar-refractivity contribution in [2.45, 2.75) is 90.5 Å². The van der Waals surface area contributed by atoms with E-state index in [2.05, 4.69) is 37.2 Å². The summed E-state index contributed by atoms with van der Waals surface area (Å²) < 4.78 is 0. The quantitative estimate of drug-likeness (QED) is 0.0471. The third kappa shape index (κ3) is 18.1. The van der Waals surface area contributed by atoms with Crippen LogP contribution in [-0.2, 0) is 54.4 Å². The Balaban J connectivity index is 2.79. The number of rotatable bonds is 24. The zero-order valence-corrected chi connectivity index (χ0v) is 32.0. The average molecular weight is 788 g/mol. The van der Waals surface area contributed by atoms with Gasteiger partial charge in [0.15, 0.2) is 0 Å². The summed E-state index contributed by atoms with van der Waals surface area (Å²) in [6, 6.07) is 2.60. The topological polar surface area (TPSA) is 327 Å². The van der Waals surface area contributed by atoms with Crippen LogP contribution in [0, 0.1) is 11.8 Å². The fourth-order valence-corrected chi connectivity index (χ4v) is 4.86. The van der Waals surface area contributed by atoms with Gasteiger partial charge in [-0.1, -0.05) is 64.4 Å². The largest absolute Gasteiger partial charge is 0.480 e. The second kappa shape index (κ2) is 24.1. The van der Waals surface area contributed by atoms with Crippen LogP contribution < -0.4 is 48.7 Å². The predicted octanol–water partition coefficient (Wildman–Crippen LogP) is -3.00. The number of nitrogens with one attached hydrogen (secondary N) is 7. The molecule has 12 N–H and O–H groups in total. The number of carboxylic acid groups (broad SMARTS) is 1. The maximum atomic E-state index is 13.3. The molecule has 20 heteroatoms. The number of hydrogen-bond acceptors (Lipinski definition) is 10. The van der Waals surface area contributed by atoms with Crippen LogP contribution in [0.5, 0.6) is 0 Å². The Labute approximate surface area is 324 Å². The van der Waals surface area contributed by atoms with E-state index in [1.807, 2.05) is 0 Å². The number of carbonyl (C=O) groups is 10. The van der Waals surface area contributed by atoms with E-state index in [4.69, 9.17) is 11.5 Å². The number of hydrogen-bond donors (Lipinski definition) is 10. The van der Waals surface area contributed by atoms with Crippen molar-refractivity contribution >= 4 is 59.1 Å². The van der Waals surface area contributed by atoms with Crippen molar-refractivity contribution in [3.63, 3.8) is 0 Å². The van der Waals surface area contributed by atoms with Crippen LogP contribution in [0.4, 0.5) is 0 Å². The lowest BCUT2D eigenvalue weighted by Gasteiger charge is -2.28. The van der Waals surface area contributed by atoms with Crippen LogP contribution in [0.15, 0.2) is 42.5 Å². The highest BCUT2D eigenvalue weighted by atomic mass is 16.4. The summed E-state index contributed by atoms with van der Waals surface area (Å²) in [5.41, 5.74) is 11.3. The average Bonchev–Trinajstić information content (AvgIpc) is 3.14. The normalized spacial score (nSPS) is 14.1. The number of carboxylic acids is 1. The van der Waals surface area contributed by atoms with E-state index in [0.717, 1.165) is 12.2 Å². The van der Waals surface area contributed by atoms with Gasteiger partial charge in [0.25, 0.3) is 0 Å². The highest BCUT2D eigenvalue weighted by molar-refractivity contribution is 6.00. The summed E-state index contributed by atoms with van der Waals surface area (Å²) in [6.45, 7) is 6.94. The number of amides is 9. The molecule has 0 fully saturated rings. The molecule has 0 heterocycles. The van der Waals surface area contributed by atoms with Crippen LogP contribution >= 0.6 is 0 Å². The van der Waals surface area contributed by atoms with E-state index in [1.54, 1.807) is 58.0 Å². The summed E-state index contributed by atoms with van der Waals surface area (Å²) in [6.07, 6.45) is 1.30. The highest BCUT2D eigenvalue weighted by Crippen LogP contribution is 2.11. The minimum absolute atomic E-state index is 0.0135. The first-order chi connectivity index (χ1) is 26.2. The Bertz CT molecular complexity index is 1620. The van der Waals surface area contributed by atoms with E-state index in [-0.39, 0.29) is 25.2 Å². The summed E-state index contributed by atoms with van der Waals surface area (Å²) in [5.74, 6) is -9.39. The van der Waals surface area contributed by atoms with E-state index < -0.39 is 108 Å². The molecule has 6 atom stereocenters. The van der Waals surface area contributed by atoms with Crippen molar-refractivity contribution in [1.29, 1.82) is 0 Å². The molecule has 0 saturated heterocycles. The Morgan fingerprint density at radius 2 is 1.27 bits per heavy atom. The molecule has 0 spiro atoms. The van der Waals surface area contributed by atoms with Crippen molar-refractivity contribution in [2.24, 2.45) is 23.3 Å². The van der Waals surface area contributed by atoms with Crippen molar-refractivity contribution in [2.75, 3.05) is 13.1 Å². The number of nitrogens with two attached hydrogens (primary N) is 2. The molecule has 1 aromatic carbocycles. The lowest BCUT2D eigenvalue weighted by molar-refractivity contribution is -0.141. The minimum atomic E-state index is -1.41. The molecule has 0 aliphatic rings. The van der Waals surface area contributed by atoms with Crippen LogP contribution in [0.3, 0.4) is 0 Å². The molecular weight excluding hydrogens is 734 g/mol. The zero-order valence-electron chi connectivity index (χ0n) is 32.0. The monoisotopic (exact) mass is 787 g/mol. The lowest BCUT2D eigenvalue weighted by atomic mass is 9.97. The van der Waals surface area contributed by atoms with Gasteiger partial charge in [0, 0.05) is 25.0 Å². The van der Waals surface area contributed by atoms with E-state index in [1.165, 1.54) is 6.92 Å². The van der Waals surface area contributed by atoms with Gasteiger partial charge < -0.3 is 53.8 Å². The number of primary amides is 2. The SMILES string of the molecule is CC[C@H](C)[C@H](NC(=O)[C@H](CCC(N)=O)NC(=O)/C=C/C(=O)NCC(=O)NCC(=O)N[C@@H](Cc1ccccc1)C(=O)O)C(=O)N[C@@H](C)C(=O)N[C@H](C(N)=O)C(C)C. The third-order valence-corrected chi connectivity index (χ3v) is 8.30. The molecule has 308 valence electrons. The smallest absolute Gasteiger partial charge is 0.326 e. The molecule has 1 rings (SSSR count). The number of carbonyl (C=O) groups excluding carboxylic acids is 9. The molecule has 0 bridgehead atoms. The zero-order chi connectivity index (χ0) is 42.5. The molecule has 0 aromatic heterocycles. The Hall–Kier alpha value is -6.34. The molecule has 0 unspecified atom stereocenters. The Kier molecular flexibility index (Phi) is 20.6. The van der Waals surface area contributed by atoms with Crippen molar-refractivity contribution in [1.82, 2.24) is 37.2 Å². The Morgan fingerprint density at radius 3 is 1.82 bits per heavy atom. The second-order valence-corrected chi connectivity index (χ2v) is 13.3. The van der Waals surface area contributed by atoms with Crippen molar-refractivity contribution < 1.29 is 53.1 Å². The third-order valence-electron chi connectivity index (χ3n) is 8.30. The van der Waals surface area contributed by atoms with Gasteiger partial charge in [0.1, 0.15) is 30.2 Å². The number of aliphatic carboxylic acids is 1. The van der Waals surface area contributed by atoms with Gasteiger partial charge >= 0.3 is 5.97 Å². The maximum Gasteiger partial charge on any atom is 0.326 e. The van der Waals surface area contributed by atoms with Crippen LogP contribution in [0.2, 0.25) is 0 Å². The molecule has 9 amide bonds. The molecule has 1 aromatic rings. The summed E-state index contributed by atoms with van der Waals surface area (Å²) in [4.78, 5) is 123. The highest BCUT2D eigenvalue weighted by Gasteiger charge is 2.32. The van der Waals surface area contributed by atoms with Crippen LogP contribution in [-0.4, -0.2) is 108 Å². The van der Waals surface area contributed by atoms with E-state index in [0.29, 0.717) is 12.0 Å². The first-order valence-corrected chi connectivity index (χ1v) is 17.8. The van der Waals surface area contributed by atoms with Crippen molar-refractivity contribution in [3.05, 3.63) is 48.0 Å². The maximum absolute atomic E-state index is 13.3. The molecule has 0 aliphatic heterocycles. The summed E-state index contributed by atoms with van der Waals surface area (Å²) in [5, 5.41) is 26.0. The van der Waals surface area contributed by atoms with Gasteiger partial charge in [-0.05, 0) is 30.7 Å². The van der Waals surface area contributed by atoms with Gasteiger partial charge in [-0.2, -0.15) is 0 Å². The summed E-state index contributed by atoms with van der Waals surface area (Å²) >= 11 is 0. The molecule has 0 aliphatic carbocycles. The molecule has 0 radical (unpaired) electrons. The van der Waals surface area contributed by atoms with Crippen LogP contribution in [0.25, 0.3) is 0 Å². The van der Waals surface area contributed by atoms with E-state index in [9.17, 15) is 53.1 Å².